The Morgan fingerprint density at radius 1 is 1.23 bits per heavy atom. The van der Waals surface area contributed by atoms with Crippen molar-refractivity contribution in [1.82, 2.24) is 14.8 Å². The molecule has 6 heteroatoms. The molecule has 3 aliphatic rings. The van der Waals surface area contributed by atoms with Crippen molar-refractivity contribution in [3.63, 3.8) is 0 Å². The predicted octanol–water partition coefficient (Wildman–Crippen LogP) is 3.02. The van der Waals surface area contributed by atoms with Gasteiger partial charge in [-0.05, 0) is 44.9 Å². The number of hydrogen-bond donors (Lipinski definition) is 0. The summed E-state index contributed by atoms with van der Waals surface area (Å²) in [4.78, 5) is 33.9. The van der Waals surface area contributed by atoms with Crippen LogP contribution in [0.2, 0.25) is 0 Å². The van der Waals surface area contributed by atoms with Gasteiger partial charge in [-0.15, -0.1) is 0 Å². The van der Waals surface area contributed by atoms with E-state index in [-0.39, 0.29) is 17.2 Å². The third-order valence-electron chi connectivity index (χ3n) is 6.61. The van der Waals surface area contributed by atoms with Crippen molar-refractivity contribution in [2.45, 2.75) is 58.3 Å². The third-order valence-corrected chi connectivity index (χ3v) is 6.61. The average Bonchev–Trinajstić information content (AvgIpc) is 3.27. The van der Waals surface area contributed by atoms with Crippen LogP contribution in [0.1, 0.15) is 67.6 Å². The molecule has 0 N–H and O–H groups in total. The van der Waals surface area contributed by atoms with Crippen LogP contribution in [0, 0.1) is 18.3 Å². The second-order valence-corrected chi connectivity index (χ2v) is 8.38. The molecule has 4 rings (SSSR count). The topological polar surface area (TPSA) is 66.7 Å². The lowest BCUT2D eigenvalue weighted by molar-refractivity contribution is -0.146. The van der Waals surface area contributed by atoms with Crippen LogP contribution in [0.4, 0.5) is 0 Å². The minimum Gasteiger partial charge on any atom is -0.438 e. The largest absolute Gasteiger partial charge is 0.438 e. The number of carbonyl (C=O) groups is 2. The first-order chi connectivity index (χ1) is 12.6. The van der Waals surface area contributed by atoms with Gasteiger partial charge in [0.1, 0.15) is 0 Å². The molecule has 0 radical (unpaired) electrons. The maximum atomic E-state index is 13.3. The molecule has 1 aromatic rings. The number of carbonyl (C=O) groups excluding carboxylic acids is 2. The van der Waals surface area contributed by atoms with Gasteiger partial charge >= 0.3 is 0 Å². The number of amides is 2. The Kier molecular flexibility index (Phi) is 4.76. The standard InChI is InChI=1S/C20H29N3O3/c1-15-17(26-14-21-15)18(24)23-11-9-20(13-23)8-5-10-22(19(20)25)12-16-6-3-2-4-7-16/h14,16H,2-13H2,1H3/t20-/m0/s1. The van der Waals surface area contributed by atoms with E-state index in [0.29, 0.717) is 30.5 Å². The normalized spacial score (nSPS) is 27.5. The lowest BCUT2D eigenvalue weighted by atomic mass is 9.77. The van der Waals surface area contributed by atoms with E-state index in [1.165, 1.54) is 38.5 Å². The van der Waals surface area contributed by atoms with Crippen molar-refractivity contribution in [3.8, 4) is 0 Å². The summed E-state index contributed by atoms with van der Waals surface area (Å²) < 4.78 is 5.27. The SMILES string of the molecule is Cc1ncoc1C(=O)N1CC[C@@]2(CCCN(CC3CCCCC3)C2=O)C1. The van der Waals surface area contributed by atoms with E-state index in [0.717, 1.165) is 32.4 Å². The third kappa shape index (κ3) is 3.14. The Balaban J connectivity index is 1.43. The van der Waals surface area contributed by atoms with E-state index >= 15 is 0 Å². The van der Waals surface area contributed by atoms with E-state index in [4.69, 9.17) is 4.42 Å². The zero-order chi connectivity index (χ0) is 18.1. The van der Waals surface area contributed by atoms with Crippen molar-refractivity contribution in [2.24, 2.45) is 11.3 Å². The fraction of sp³-hybridized carbons (Fsp3) is 0.750. The van der Waals surface area contributed by atoms with Crippen LogP contribution in [-0.4, -0.2) is 52.8 Å². The monoisotopic (exact) mass is 359 g/mol. The van der Waals surface area contributed by atoms with Crippen molar-refractivity contribution in [2.75, 3.05) is 26.2 Å². The van der Waals surface area contributed by atoms with Crippen LogP contribution in [-0.2, 0) is 4.79 Å². The molecule has 2 aliphatic heterocycles. The van der Waals surface area contributed by atoms with E-state index in [9.17, 15) is 9.59 Å². The summed E-state index contributed by atoms with van der Waals surface area (Å²) in [5.74, 6) is 1.12. The summed E-state index contributed by atoms with van der Waals surface area (Å²) in [6, 6.07) is 0. The van der Waals surface area contributed by atoms with Gasteiger partial charge in [-0.1, -0.05) is 19.3 Å². The summed E-state index contributed by atoms with van der Waals surface area (Å²) in [5.41, 5.74) is 0.237. The predicted molar refractivity (Wildman–Crippen MR) is 96.6 cm³/mol. The number of rotatable bonds is 3. The van der Waals surface area contributed by atoms with Crippen molar-refractivity contribution in [1.29, 1.82) is 0 Å². The molecular formula is C20H29N3O3. The lowest BCUT2D eigenvalue weighted by Crippen LogP contribution is -2.51. The Morgan fingerprint density at radius 2 is 2.04 bits per heavy atom. The van der Waals surface area contributed by atoms with Gasteiger partial charge in [-0.3, -0.25) is 9.59 Å². The zero-order valence-electron chi connectivity index (χ0n) is 15.7. The van der Waals surface area contributed by atoms with Crippen LogP contribution in [0.25, 0.3) is 0 Å². The summed E-state index contributed by atoms with van der Waals surface area (Å²) in [7, 11) is 0. The second kappa shape index (κ2) is 7.05. The highest BCUT2D eigenvalue weighted by molar-refractivity contribution is 5.94. The summed E-state index contributed by atoms with van der Waals surface area (Å²) in [6.45, 7) is 4.72. The minimum absolute atomic E-state index is 0.130. The molecule has 2 saturated heterocycles. The highest BCUT2D eigenvalue weighted by Gasteiger charge is 2.50. The van der Waals surface area contributed by atoms with Crippen molar-refractivity contribution in [3.05, 3.63) is 17.8 Å². The number of piperidine rings is 1. The minimum atomic E-state index is -0.378. The van der Waals surface area contributed by atoms with Crippen LogP contribution >= 0.6 is 0 Å². The average molecular weight is 359 g/mol. The van der Waals surface area contributed by atoms with Crippen LogP contribution < -0.4 is 0 Å². The van der Waals surface area contributed by atoms with Crippen molar-refractivity contribution >= 4 is 11.8 Å². The second-order valence-electron chi connectivity index (χ2n) is 8.38. The Morgan fingerprint density at radius 3 is 2.77 bits per heavy atom. The van der Waals surface area contributed by atoms with Gasteiger partial charge in [-0.2, -0.15) is 0 Å². The molecule has 3 fully saturated rings. The van der Waals surface area contributed by atoms with Gasteiger partial charge in [0.2, 0.25) is 11.7 Å². The maximum Gasteiger partial charge on any atom is 0.291 e. The molecule has 1 aromatic heterocycles. The molecule has 0 bridgehead atoms. The van der Waals surface area contributed by atoms with E-state index in [1.54, 1.807) is 11.8 Å². The van der Waals surface area contributed by atoms with Crippen LogP contribution in [0.3, 0.4) is 0 Å². The fourth-order valence-electron chi connectivity index (χ4n) is 5.08. The molecular weight excluding hydrogens is 330 g/mol. The number of nitrogens with zero attached hydrogens (tertiary/aromatic N) is 3. The first-order valence-corrected chi connectivity index (χ1v) is 10.1. The smallest absolute Gasteiger partial charge is 0.291 e. The molecule has 2 amide bonds. The van der Waals surface area contributed by atoms with Gasteiger partial charge in [0, 0.05) is 26.2 Å². The molecule has 1 saturated carbocycles. The molecule has 1 aliphatic carbocycles. The highest BCUT2D eigenvalue weighted by Crippen LogP contribution is 2.41. The van der Waals surface area contributed by atoms with E-state index in [2.05, 4.69) is 9.88 Å². The maximum absolute atomic E-state index is 13.3. The first-order valence-electron chi connectivity index (χ1n) is 10.1. The molecule has 0 aromatic carbocycles. The number of aromatic nitrogens is 1. The Labute approximate surface area is 154 Å². The summed E-state index contributed by atoms with van der Waals surface area (Å²) >= 11 is 0. The summed E-state index contributed by atoms with van der Waals surface area (Å²) in [5, 5.41) is 0. The van der Waals surface area contributed by atoms with Crippen LogP contribution in [0.5, 0.6) is 0 Å². The first kappa shape index (κ1) is 17.6. The zero-order valence-corrected chi connectivity index (χ0v) is 15.7. The van der Waals surface area contributed by atoms with Gasteiger partial charge in [0.05, 0.1) is 11.1 Å². The fourth-order valence-corrected chi connectivity index (χ4v) is 5.08. The highest BCUT2D eigenvalue weighted by atomic mass is 16.3. The van der Waals surface area contributed by atoms with E-state index < -0.39 is 0 Å². The molecule has 1 atom stereocenters. The quantitative estimate of drug-likeness (QED) is 0.832. The molecule has 6 nitrogen and oxygen atoms in total. The Bertz CT molecular complexity index is 680. The number of hydrogen-bond acceptors (Lipinski definition) is 4. The lowest BCUT2D eigenvalue weighted by Gasteiger charge is -2.41. The van der Waals surface area contributed by atoms with Gasteiger partial charge in [-0.25, -0.2) is 4.98 Å². The summed E-state index contributed by atoms with van der Waals surface area (Å²) in [6.07, 6.45) is 10.5. The number of likely N-dealkylation sites (tertiary alicyclic amines) is 2. The van der Waals surface area contributed by atoms with E-state index in [1.807, 2.05) is 0 Å². The molecule has 26 heavy (non-hydrogen) atoms. The Hall–Kier alpha value is -1.85. The molecule has 3 heterocycles. The van der Waals surface area contributed by atoms with Crippen molar-refractivity contribution < 1.29 is 14.0 Å². The molecule has 142 valence electrons. The number of oxazole rings is 1. The number of aryl methyl sites for hydroxylation is 1. The van der Waals surface area contributed by atoms with Crippen LogP contribution in [0.15, 0.2) is 10.8 Å². The molecule has 1 spiro atoms. The van der Waals surface area contributed by atoms with Gasteiger partial charge in [0.15, 0.2) is 6.39 Å². The van der Waals surface area contributed by atoms with Gasteiger partial charge in [0.25, 0.3) is 5.91 Å². The van der Waals surface area contributed by atoms with Gasteiger partial charge < -0.3 is 14.2 Å². The molecule has 0 unspecified atom stereocenters.